The molecule has 1 aromatic heterocycles. The van der Waals surface area contributed by atoms with Crippen LogP contribution in [0.15, 0.2) is 6.20 Å². The Morgan fingerprint density at radius 2 is 2.26 bits per heavy atom. The lowest BCUT2D eigenvalue weighted by molar-refractivity contribution is -0.131. The number of sulfone groups is 1. The van der Waals surface area contributed by atoms with Crippen LogP contribution in [0.5, 0.6) is 0 Å². The number of aryl methyl sites for hydroxylation is 1. The molecule has 0 aliphatic carbocycles. The van der Waals surface area contributed by atoms with Crippen LogP contribution in [0.1, 0.15) is 12.5 Å². The Bertz CT molecular complexity index is 596. The van der Waals surface area contributed by atoms with Gasteiger partial charge in [-0.3, -0.25) is 9.48 Å². The number of hydrogen-bond donors (Lipinski definition) is 0. The summed E-state index contributed by atoms with van der Waals surface area (Å²) in [6.45, 7) is 2.00. The van der Waals surface area contributed by atoms with E-state index in [9.17, 15) is 13.2 Å². The largest absolute Gasteiger partial charge is 0.338 e. The van der Waals surface area contributed by atoms with Crippen LogP contribution in [0.25, 0.3) is 0 Å². The number of hydrogen-bond acceptors (Lipinski definition) is 4. The average molecular weight is 306 g/mol. The molecule has 106 valence electrons. The number of carbonyl (C=O) groups is 1. The lowest BCUT2D eigenvalue weighted by Crippen LogP contribution is -2.50. The zero-order chi connectivity index (χ0) is 14.2. The van der Waals surface area contributed by atoms with Crippen molar-refractivity contribution in [3.63, 3.8) is 0 Å². The van der Waals surface area contributed by atoms with E-state index in [4.69, 9.17) is 11.6 Å². The highest BCUT2D eigenvalue weighted by Crippen LogP contribution is 2.17. The summed E-state index contributed by atoms with van der Waals surface area (Å²) in [6.07, 6.45) is 1.85. The van der Waals surface area contributed by atoms with Gasteiger partial charge in [0, 0.05) is 31.4 Å². The molecule has 1 fully saturated rings. The summed E-state index contributed by atoms with van der Waals surface area (Å²) >= 11 is 5.91. The van der Waals surface area contributed by atoms with Gasteiger partial charge in [-0.1, -0.05) is 11.6 Å². The monoisotopic (exact) mass is 305 g/mol. The molecule has 0 saturated carbocycles. The first kappa shape index (κ1) is 14.3. The fourth-order valence-electron chi connectivity index (χ4n) is 2.26. The van der Waals surface area contributed by atoms with Gasteiger partial charge >= 0.3 is 0 Å². The summed E-state index contributed by atoms with van der Waals surface area (Å²) in [6, 6.07) is -0.290. The number of aromatic nitrogens is 2. The van der Waals surface area contributed by atoms with E-state index in [0.717, 1.165) is 0 Å². The van der Waals surface area contributed by atoms with E-state index in [1.54, 1.807) is 29.7 Å². The third-order valence-electron chi connectivity index (χ3n) is 3.19. The summed E-state index contributed by atoms with van der Waals surface area (Å²) in [7, 11) is -1.28. The molecule has 8 heteroatoms. The summed E-state index contributed by atoms with van der Waals surface area (Å²) in [5, 5.41) is 4.28. The topological polar surface area (TPSA) is 72.3 Å². The Labute approximate surface area is 117 Å². The molecular formula is C11H16ClN3O3S. The first-order valence-electron chi connectivity index (χ1n) is 5.96. The molecule has 1 unspecified atom stereocenters. The van der Waals surface area contributed by atoms with Crippen molar-refractivity contribution < 1.29 is 13.2 Å². The van der Waals surface area contributed by atoms with Crippen molar-refractivity contribution in [1.82, 2.24) is 14.7 Å². The van der Waals surface area contributed by atoms with E-state index in [1.165, 1.54) is 0 Å². The molecule has 6 nitrogen and oxygen atoms in total. The van der Waals surface area contributed by atoms with Crippen LogP contribution < -0.4 is 0 Å². The van der Waals surface area contributed by atoms with Crippen molar-refractivity contribution in [2.45, 2.75) is 19.4 Å². The minimum absolute atomic E-state index is 0.0273. The third kappa shape index (κ3) is 3.27. The molecule has 1 aliphatic rings. The van der Waals surface area contributed by atoms with Crippen molar-refractivity contribution in [3.8, 4) is 0 Å². The van der Waals surface area contributed by atoms with E-state index >= 15 is 0 Å². The van der Waals surface area contributed by atoms with Gasteiger partial charge in [-0.25, -0.2) is 8.42 Å². The molecule has 1 amide bonds. The molecule has 1 atom stereocenters. The molecule has 0 radical (unpaired) electrons. The van der Waals surface area contributed by atoms with E-state index < -0.39 is 9.84 Å². The highest BCUT2D eigenvalue weighted by Gasteiger charge is 2.31. The Kier molecular flexibility index (Phi) is 3.87. The summed E-state index contributed by atoms with van der Waals surface area (Å²) < 4.78 is 24.5. The molecule has 2 rings (SSSR count). The molecule has 0 spiro atoms. The van der Waals surface area contributed by atoms with Crippen molar-refractivity contribution >= 4 is 27.3 Å². The van der Waals surface area contributed by atoms with Gasteiger partial charge in [-0.15, -0.1) is 0 Å². The Morgan fingerprint density at radius 1 is 1.58 bits per heavy atom. The van der Waals surface area contributed by atoms with Crippen LogP contribution in [0.2, 0.25) is 5.15 Å². The molecule has 0 N–H and O–H groups in total. The number of rotatable bonds is 2. The van der Waals surface area contributed by atoms with E-state index in [2.05, 4.69) is 5.10 Å². The zero-order valence-corrected chi connectivity index (χ0v) is 12.4. The molecule has 1 saturated heterocycles. The third-order valence-corrected chi connectivity index (χ3v) is 5.30. The number of halogens is 1. The van der Waals surface area contributed by atoms with E-state index in [-0.39, 0.29) is 36.4 Å². The van der Waals surface area contributed by atoms with E-state index in [1.807, 2.05) is 0 Å². The van der Waals surface area contributed by atoms with Gasteiger partial charge < -0.3 is 4.90 Å². The minimum atomic E-state index is -3.01. The number of carbonyl (C=O) groups excluding carboxylic acids is 1. The summed E-state index contributed by atoms with van der Waals surface area (Å²) in [4.78, 5) is 13.8. The normalized spacial score (nSPS) is 22.5. The first-order valence-corrected chi connectivity index (χ1v) is 8.16. The van der Waals surface area contributed by atoms with Gasteiger partial charge in [-0.05, 0) is 6.92 Å². The van der Waals surface area contributed by atoms with Crippen molar-refractivity contribution in [1.29, 1.82) is 0 Å². The van der Waals surface area contributed by atoms with E-state index in [0.29, 0.717) is 10.7 Å². The lowest BCUT2D eigenvalue weighted by atomic mass is 10.2. The van der Waals surface area contributed by atoms with Crippen LogP contribution in [0, 0.1) is 0 Å². The predicted molar refractivity (Wildman–Crippen MR) is 71.8 cm³/mol. The second kappa shape index (κ2) is 5.13. The standard InChI is InChI=1S/C11H16ClN3O3S/c1-8-7-19(17,18)4-3-15(8)10(16)5-9-6-14(2)13-11(9)12/h6,8H,3-5,7H2,1-2H3. The van der Waals surface area contributed by atoms with Crippen molar-refractivity contribution in [3.05, 3.63) is 16.9 Å². The van der Waals surface area contributed by atoms with Crippen molar-refractivity contribution in [2.75, 3.05) is 18.1 Å². The molecule has 1 aromatic rings. The van der Waals surface area contributed by atoms with Crippen LogP contribution in [-0.4, -0.2) is 53.1 Å². The maximum Gasteiger partial charge on any atom is 0.227 e. The molecular weight excluding hydrogens is 290 g/mol. The molecule has 0 bridgehead atoms. The number of nitrogens with zero attached hydrogens (tertiary/aromatic N) is 3. The lowest BCUT2D eigenvalue weighted by Gasteiger charge is -2.33. The van der Waals surface area contributed by atoms with Crippen LogP contribution in [0.4, 0.5) is 0 Å². The highest BCUT2D eigenvalue weighted by molar-refractivity contribution is 7.91. The van der Waals surface area contributed by atoms with Gasteiger partial charge in [0.1, 0.15) is 0 Å². The fraction of sp³-hybridized carbons (Fsp3) is 0.636. The molecule has 2 heterocycles. The maximum atomic E-state index is 12.2. The maximum absolute atomic E-state index is 12.2. The Hall–Kier alpha value is -1.08. The summed E-state index contributed by atoms with van der Waals surface area (Å²) in [5.41, 5.74) is 0.662. The minimum Gasteiger partial charge on any atom is -0.338 e. The second-order valence-corrected chi connectivity index (χ2v) is 7.43. The Morgan fingerprint density at radius 3 is 2.79 bits per heavy atom. The first-order chi connectivity index (χ1) is 8.78. The van der Waals surface area contributed by atoms with Crippen molar-refractivity contribution in [2.24, 2.45) is 7.05 Å². The summed E-state index contributed by atoms with van der Waals surface area (Å²) in [5.74, 6) is -0.0547. The SMILES string of the molecule is CC1CS(=O)(=O)CCN1C(=O)Cc1cn(C)nc1Cl. The highest BCUT2D eigenvalue weighted by atomic mass is 35.5. The van der Waals surface area contributed by atoms with Gasteiger partial charge in [0.05, 0.1) is 17.9 Å². The fourth-order valence-corrected chi connectivity index (χ4v) is 4.05. The molecule has 19 heavy (non-hydrogen) atoms. The van der Waals surface area contributed by atoms with Crippen LogP contribution in [-0.2, 0) is 28.1 Å². The second-order valence-electron chi connectivity index (χ2n) is 4.85. The predicted octanol–water partition coefficient (Wildman–Crippen LogP) is 0.262. The average Bonchev–Trinajstić information content (AvgIpc) is 2.55. The van der Waals surface area contributed by atoms with Gasteiger partial charge in [-0.2, -0.15) is 5.10 Å². The van der Waals surface area contributed by atoms with Gasteiger partial charge in [0.15, 0.2) is 15.0 Å². The van der Waals surface area contributed by atoms with Crippen LogP contribution in [0.3, 0.4) is 0 Å². The molecule has 0 aromatic carbocycles. The van der Waals surface area contributed by atoms with Crippen LogP contribution >= 0.6 is 11.6 Å². The van der Waals surface area contributed by atoms with Gasteiger partial charge in [0.25, 0.3) is 0 Å². The molecule has 1 aliphatic heterocycles. The smallest absolute Gasteiger partial charge is 0.227 e. The number of amides is 1. The Balaban J connectivity index is 2.07. The zero-order valence-electron chi connectivity index (χ0n) is 10.8. The quantitative estimate of drug-likeness (QED) is 0.786. The van der Waals surface area contributed by atoms with Gasteiger partial charge in [0.2, 0.25) is 5.91 Å².